The maximum Gasteiger partial charge on any atom is 0.243 e. The van der Waals surface area contributed by atoms with E-state index in [2.05, 4.69) is 83.4 Å². The molecular weight excluding hydrogens is 1410 g/mol. The zero-order valence-corrected chi connectivity index (χ0v) is 65.0. The van der Waals surface area contributed by atoms with Gasteiger partial charge in [-0.2, -0.15) is 0 Å². The third-order valence-corrected chi connectivity index (χ3v) is 17.8. The summed E-state index contributed by atoms with van der Waals surface area (Å²) in [4.78, 5) is 189. The normalized spacial score (nSPS) is 14.8. The summed E-state index contributed by atoms with van der Waals surface area (Å²) in [7, 11) is 0. The van der Waals surface area contributed by atoms with E-state index >= 15 is 0 Å². The first-order valence-electron chi connectivity index (χ1n) is 37.1. The lowest BCUT2D eigenvalue weighted by Crippen LogP contribution is -2.62. The molecule has 0 aliphatic carbocycles. The van der Waals surface area contributed by atoms with Gasteiger partial charge < -0.3 is 127 Å². The molecule has 0 saturated heterocycles. The van der Waals surface area contributed by atoms with E-state index in [1.807, 2.05) is 13.8 Å². The molecule has 12 amide bonds. The molecule has 0 aliphatic rings. The number of aliphatic imine (C=N–C) groups is 4. The second-order valence-corrected chi connectivity index (χ2v) is 28.6. The standard InChI is InChI=1S/C70H125N27O12/c1-12-39(10)54(97-62(105)49(32-35(2)3)93-60(103)47(25-18-30-84-69(78)79)91-63(106)51(72)36(4)5)66(109)96-52(37(6)7)64(107)87-40(11)56(99)95-53(38(8)9)65(108)92-48(26-19-31-85-70(80)81)58(101)89-45(22-15-27-71)59(102)94-50(33-41-34-86-43-21-14-13-20-42(41)43)61(104)90-46(24-17-29-83-68(76)77)57(100)88-44(55(73)98)23-16-28-82-67(74)75/h13-14,20-21,34-40,44-54,86H,12,15-19,22-33,71-72H2,1-11H3,(H2,73,98)(H,87,107)(H,88,100)(H,89,101)(H,90,104)(H,91,106)(H,92,108)(H,93,103)(H,94,102)(H,95,99)(H,96,109)(H,97,105)(H4,74,75,82)(H4,76,77,83)(H4,78,79,84)(H4,80,81,85)/t39-,40-,44-,45-,46-,47-,48-,49-,50-,51-,52-,53-,54-/m0/s1. The van der Waals surface area contributed by atoms with Crippen molar-refractivity contribution in [3.63, 3.8) is 0 Å². The predicted molar refractivity (Wildman–Crippen MR) is 417 cm³/mol. The number of carbonyl (C=O) groups is 12. The molecule has 1 aromatic carbocycles. The van der Waals surface area contributed by atoms with Gasteiger partial charge in [-0.05, 0) is 125 Å². The highest BCUT2D eigenvalue weighted by Gasteiger charge is 2.39. The highest BCUT2D eigenvalue weighted by atomic mass is 16.2. The van der Waals surface area contributed by atoms with E-state index in [-0.39, 0.29) is 145 Å². The molecule has 612 valence electrons. The number of nitrogens with two attached hydrogens (primary N) is 11. The summed E-state index contributed by atoms with van der Waals surface area (Å²) in [5.41, 5.74) is 63.3. The van der Waals surface area contributed by atoms with Gasteiger partial charge in [0.2, 0.25) is 70.9 Å². The zero-order chi connectivity index (χ0) is 82.4. The number of nitrogens with zero attached hydrogens (tertiary/aromatic N) is 4. The van der Waals surface area contributed by atoms with E-state index in [4.69, 9.17) is 63.1 Å². The van der Waals surface area contributed by atoms with Crippen molar-refractivity contribution in [2.75, 3.05) is 32.7 Å². The van der Waals surface area contributed by atoms with E-state index in [1.165, 1.54) is 6.92 Å². The number of hydrogen-bond donors (Lipinski definition) is 23. The topological polar surface area (TPSA) is 689 Å². The minimum absolute atomic E-state index is 0.00583. The molecule has 0 fully saturated rings. The van der Waals surface area contributed by atoms with E-state index in [1.54, 1.807) is 85.9 Å². The number of H-pyrrole nitrogens is 1. The van der Waals surface area contributed by atoms with Crippen molar-refractivity contribution in [2.24, 2.45) is 113 Å². The number of benzene rings is 1. The molecule has 0 radical (unpaired) electrons. The highest BCUT2D eigenvalue weighted by Crippen LogP contribution is 2.21. The average Bonchev–Trinajstić information content (AvgIpc) is 1.71. The summed E-state index contributed by atoms with van der Waals surface area (Å²) in [6.45, 7) is 18.9. The van der Waals surface area contributed by atoms with Crippen LogP contribution in [0.25, 0.3) is 10.9 Å². The van der Waals surface area contributed by atoms with Crippen molar-refractivity contribution >= 4 is 106 Å². The maximum absolute atomic E-state index is 14.8. The van der Waals surface area contributed by atoms with Crippen molar-refractivity contribution < 1.29 is 57.5 Å². The third-order valence-electron chi connectivity index (χ3n) is 17.8. The Labute approximate surface area is 637 Å². The lowest BCUT2D eigenvalue weighted by atomic mass is 9.95. The number of nitrogens with one attached hydrogen (secondary N) is 12. The summed E-state index contributed by atoms with van der Waals surface area (Å²) in [6.07, 6.45) is 2.70. The van der Waals surface area contributed by atoms with Gasteiger partial charge in [0.25, 0.3) is 0 Å². The second-order valence-electron chi connectivity index (χ2n) is 28.6. The number of para-hydroxylation sites is 1. The van der Waals surface area contributed by atoms with Crippen LogP contribution >= 0.6 is 0 Å². The lowest BCUT2D eigenvalue weighted by Gasteiger charge is -2.31. The first kappa shape index (κ1) is 94.5. The molecule has 0 aliphatic heterocycles. The van der Waals surface area contributed by atoms with Crippen LogP contribution < -0.4 is 122 Å². The number of amides is 12. The Morgan fingerprint density at radius 1 is 0.394 bits per heavy atom. The number of aromatic amines is 1. The Morgan fingerprint density at radius 3 is 1.16 bits per heavy atom. The molecule has 0 spiro atoms. The summed E-state index contributed by atoms with van der Waals surface area (Å²) >= 11 is 0. The Balaban J connectivity index is 2.51. The van der Waals surface area contributed by atoms with Gasteiger partial charge in [0.05, 0.1) is 6.04 Å². The van der Waals surface area contributed by atoms with Crippen LogP contribution in [0.1, 0.15) is 159 Å². The molecule has 1 aromatic heterocycles. The molecule has 39 heteroatoms. The SMILES string of the molecule is CC[C@H](C)[C@H](NC(=O)[C@H](CC(C)C)NC(=O)[C@H](CCCN=C(N)N)NC(=O)[C@@H](N)C(C)C)C(=O)N[C@H](C(=O)N[C@@H](C)C(=O)N[C@H](C(=O)N[C@@H](CCCN=C(N)N)C(=O)N[C@@H](CCCN)C(=O)N[C@@H](Cc1c[nH]c2ccccc12)C(=O)N[C@@H](CCCN=C(N)N)C(=O)N[C@@H](CCCN=C(N)N)C(N)=O)C(C)C)C(C)C. The molecule has 2 aromatic rings. The Morgan fingerprint density at radius 2 is 0.743 bits per heavy atom. The van der Waals surface area contributed by atoms with Gasteiger partial charge in [-0.25, -0.2) is 0 Å². The molecular formula is C70H125N27O12. The van der Waals surface area contributed by atoms with Gasteiger partial charge >= 0.3 is 0 Å². The Kier molecular flexibility index (Phi) is 42.2. The maximum atomic E-state index is 14.8. The number of rotatable bonds is 51. The molecule has 0 bridgehead atoms. The monoisotopic (exact) mass is 1540 g/mol. The van der Waals surface area contributed by atoms with Gasteiger partial charge in [-0.15, -0.1) is 0 Å². The average molecular weight is 1540 g/mol. The first-order chi connectivity index (χ1) is 51.2. The summed E-state index contributed by atoms with van der Waals surface area (Å²) in [5.74, 6) is -12.6. The second kappa shape index (κ2) is 48.7. The lowest BCUT2D eigenvalue weighted by molar-refractivity contribution is -0.137. The molecule has 13 atom stereocenters. The molecule has 1 heterocycles. The van der Waals surface area contributed by atoms with Crippen LogP contribution in [0.4, 0.5) is 0 Å². The summed E-state index contributed by atoms with van der Waals surface area (Å²) in [6, 6.07) is -8.33. The Bertz CT molecular complexity index is 3430. The molecule has 34 N–H and O–H groups in total. The van der Waals surface area contributed by atoms with Crippen LogP contribution in [0.5, 0.6) is 0 Å². The van der Waals surface area contributed by atoms with Gasteiger partial charge in [0.15, 0.2) is 23.8 Å². The van der Waals surface area contributed by atoms with Crippen LogP contribution in [0, 0.1) is 29.6 Å². The van der Waals surface area contributed by atoms with Crippen molar-refractivity contribution in [1.29, 1.82) is 0 Å². The minimum atomic E-state index is -1.46. The number of guanidine groups is 4. The first-order valence-corrected chi connectivity index (χ1v) is 37.1. The summed E-state index contributed by atoms with van der Waals surface area (Å²) < 4.78 is 0. The third kappa shape index (κ3) is 34.9. The fraction of sp³-hybridized carbons (Fsp3) is 0.657. The minimum Gasteiger partial charge on any atom is -0.370 e. The number of carbonyl (C=O) groups excluding carboxylic acids is 12. The van der Waals surface area contributed by atoms with Gasteiger partial charge in [0, 0.05) is 49.7 Å². The van der Waals surface area contributed by atoms with Crippen molar-refractivity contribution in [3.8, 4) is 0 Å². The predicted octanol–water partition coefficient (Wildman–Crippen LogP) is -5.11. The van der Waals surface area contributed by atoms with Crippen molar-refractivity contribution in [2.45, 2.75) is 232 Å². The summed E-state index contributed by atoms with van der Waals surface area (Å²) in [5, 5.41) is 30.5. The molecule has 109 heavy (non-hydrogen) atoms. The molecule has 39 nitrogen and oxygen atoms in total. The Hall–Kier alpha value is -10.6. The molecule has 0 unspecified atom stereocenters. The fourth-order valence-corrected chi connectivity index (χ4v) is 11.2. The number of primary amides is 1. The largest absolute Gasteiger partial charge is 0.370 e. The number of aromatic nitrogens is 1. The van der Waals surface area contributed by atoms with Crippen LogP contribution in [-0.2, 0) is 64.0 Å². The van der Waals surface area contributed by atoms with E-state index < -0.39 is 161 Å². The van der Waals surface area contributed by atoms with Crippen LogP contribution in [0.15, 0.2) is 50.4 Å². The fourth-order valence-electron chi connectivity index (χ4n) is 11.2. The zero-order valence-electron chi connectivity index (χ0n) is 65.0. The van der Waals surface area contributed by atoms with E-state index in [9.17, 15) is 57.5 Å². The quantitative estimate of drug-likeness (QED) is 0.0167. The molecule has 2 rings (SSSR count). The molecule has 0 saturated carbocycles. The van der Waals surface area contributed by atoms with E-state index in [0.29, 0.717) is 22.9 Å². The smallest absolute Gasteiger partial charge is 0.243 e. The van der Waals surface area contributed by atoms with Crippen LogP contribution in [0.2, 0.25) is 0 Å². The van der Waals surface area contributed by atoms with E-state index in [0.717, 1.165) is 0 Å². The van der Waals surface area contributed by atoms with Gasteiger partial charge in [0.1, 0.15) is 66.5 Å². The highest BCUT2D eigenvalue weighted by molar-refractivity contribution is 6.00. The number of fused-ring (bicyclic) bond motifs is 1. The van der Waals surface area contributed by atoms with Gasteiger partial charge in [-0.1, -0.05) is 93.9 Å². The van der Waals surface area contributed by atoms with Crippen molar-refractivity contribution in [1.82, 2.24) is 63.5 Å². The van der Waals surface area contributed by atoms with Crippen LogP contribution in [0.3, 0.4) is 0 Å². The number of hydrogen-bond acceptors (Lipinski definition) is 18. The van der Waals surface area contributed by atoms with Gasteiger partial charge in [-0.3, -0.25) is 77.5 Å². The van der Waals surface area contributed by atoms with Crippen LogP contribution in [-0.4, -0.2) is 205 Å². The van der Waals surface area contributed by atoms with Crippen molar-refractivity contribution in [3.05, 3.63) is 36.0 Å².